The lowest BCUT2D eigenvalue weighted by Crippen LogP contribution is -2.49. The van der Waals surface area contributed by atoms with E-state index in [4.69, 9.17) is 14.5 Å². The van der Waals surface area contributed by atoms with Gasteiger partial charge in [-0.3, -0.25) is 4.79 Å². The molecule has 5 rings (SSSR count). The Hall–Kier alpha value is -4.40. The highest BCUT2D eigenvalue weighted by Crippen LogP contribution is 2.25. The van der Waals surface area contributed by atoms with Crippen molar-refractivity contribution in [3.63, 3.8) is 0 Å². The van der Waals surface area contributed by atoms with Gasteiger partial charge in [0.2, 0.25) is 11.8 Å². The molecule has 1 amide bonds. The van der Waals surface area contributed by atoms with Crippen LogP contribution in [0.1, 0.15) is 5.82 Å². The van der Waals surface area contributed by atoms with Crippen LogP contribution in [0.5, 0.6) is 11.6 Å². The molecular formula is C27H28N6O3. The number of hydrogen-bond acceptors (Lipinski definition) is 7. The van der Waals surface area contributed by atoms with Crippen molar-refractivity contribution in [2.24, 2.45) is 0 Å². The van der Waals surface area contributed by atoms with Crippen LogP contribution in [0.4, 0.5) is 5.82 Å². The van der Waals surface area contributed by atoms with E-state index in [1.807, 2.05) is 76.3 Å². The largest absolute Gasteiger partial charge is 0.497 e. The number of ether oxygens (including phenoxy) is 2. The molecule has 2 aromatic heterocycles. The zero-order valence-corrected chi connectivity index (χ0v) is 20.4. The molecule has 4 aromatic rings. The number of benzene rings is 2. The van der Waals surface area contributed by atoms with Crippen molar-refractivity contribution in [1.29, 1.82) is 0 Å². The Labute approximate surface area is 210 Å². The first-order valence-electron chi connectivity index (χ1n) is 11.8. The van der Waals surface area contributed by atoms with E-state index >= 15 is 0 Å². The van der Waals surface area contributed by atoms with Crippen LogP contribution in [0.15, 0.2) is 73.2 Å². The number of piperazine rings is 1. The van der Waals surface area contributed by atoms with E-state index in [0.29, 0.717) is 37.9 Å². The summed E-state index contributed by atoms with van der Waals surface area (Å²) < 4.78 is 12.5. The molecule has 0 N–H and O–H groups in total. The fourth-order valence-electron chi connectivity index (χ4n) is 4.30. The molecule has 9 nitrogen and oxygen atoms in total. The van der Waals surface area contributed by atoms with Crippen molar-refractivity contribution in [2.75, 3.05) is 45.3 Å². The van der Waals surface area contributed by atoms with Gasteiger partial charge in [0.15, 0.2) is 0 Å². The maximum absolute atomic E-state index is 13.3. The first-order valence-corrected chi connectivity index (χ1v) is 11.8. The summed E-state index contributed by atoms with van der Waals surface area (Å²) in [6.45, 7) is 2.61. The molecule has 1 aliphatic rings. The Morgan fingerprint density at radius 1 is 0.917 bits per heavy atom. The number of methoxy groups -OCH3 is 2. The number of nitrogens with zero attached hydrogens (tertiary/aromatic N) is 6. The summed E-state index contributed by atoms with van der Waals surface area (Å²) in [6, 6.07) is 19.6. The van der Waals surface area contributed by atoms with E-state index in [1.54, 1.807) is 14.2 Å². The van der Waals surface area contributed by atoms with Gasteiger partial charge < -0.3 is 23.8 Å². The Morgan fingerprint density at radius 2 is 1.67 bits per heavy atom. The van der Waals surface area contributed by atoms with Gasteiger partial charge in [-0.25, -0.2) is 15.0 Å². The van der Waals surface area contributed by atoms with Crippen molar-refractivity contribution >= 4 is 11.7 Å². The molecule has 0 spiro atoms. The number of imidazole rings is 1. The summed E-state index contributed by atoms with van der Waals surface area (Å²) in [5.74, 6) is 2.88. The fourth-order valence-corrected chi connectivity index (χ4v) is 4.30. The first kappa shape index (κ1) is 23.3. The number of amides is 1. The van der Waals surface area contributed by atoms with Crippen LogP contribution < -0.4 is 14.4 Å². The highest BCUT2D eigenvalue weighted by molar-refractivity contribution is 5.79. The second-order valence-electron chi connectivity index (χ2n) is 8.44. The molecular weight excluding hydrogens is 456 g/mol. The van der Waals surface area contributed by atoms with Crippen LogP contribution in [-0.4, -0.2) is 70.7 Å². The minimum Gasteiger partial charge on any atom is -0.497 e. The molecule has 1 fully saturated rings. The van der Waals surface area contributed by atoms with Crippen LogP contribution in [0, 0.1) is 0 Å². The van der Waals surface area contributed by atoms with Crippen molar-refractivity contribution in [2.45, 2.75) is 6.42 Å². The lowest BCUT2D eigenvalue weighted by Gasteiger charge is -2.35. The van der Waals surface area contributed by atoms with E-state index in [2.05, 4.69) is 14.9 Å². The van der Waals surface area contributed by atoms with Gasteiger partial charge >= 0.3 is 0 Å². The number of anilines is 1. The SMILES string of the molecule is COc1ccc(-c2cn(-c3ccccc3)c(CC(=O)N3CCN(c4cc(OC)ncn4)CC3)n2)cc1. The molecule has 2 aromatic carbocycles. The molecule has 36 heavy (non-hydrogen) atoms. The quantitative estimate of drug-likeness (QED) is 0.398. The Kier molecular flexibility index (Phi) is 6.79. The van der Waals surface area contributed by atoms with E-state index in [0.717, 1.165) is 28.5 Å². The maximum Gasteiger partial charge on any atom is 0.230 e. The second-order valence-corrected chi connectivity index (χ2v) is 8.44. The monoisotopic (exact) mass is 484 g/mol. The standard InChI is InChI=1S/C27H28N6O3/c1-35-22-10-8-20(9-11-22)23-18-33(21-6-4-3-5-7-21)25(30-23)17-27(34)32-14-12-31(13-15-32)24-16-26(36-2)29-19-28-24/h3-11,16,18-19H,12-15,17H2,1-2H3. The summed E-state index contributed by atoms with van der Waals surface area (Å²) in [4.78, 5) is 30.6. The van der Waals surface area contributed by atoms with Crippen LogP contribution in [0.2, 0.25) is 0 Å². The number of aromatic nitrogens is 4. The smallest absolute Gasteiger partial charge is 0.230 e. The molecule has 0 radical (unpaired) electrons. The van der Waals surface area contributed by atoms with Gasteiger partial charge in [-0.15, -0.1) is 0 Å². The summed E-state index contributed by atoms with van der Waals surface area (Å²) in [7, 11) is 3.23. The minimum absolute atomic E-state index is 0.0546. The average Bonchev–Trinajstić information content (AvgIpc) is 3.37. The number of rotatable bonds is 7. The van der Waals surface area contributed by atoms with E-state index < -0.39 is 0 Å². The zero-order valence-electron chi connectivity index (χ0n) is 20.4. The normalized spacial score (nSPS) is 13.5. The van der Waals surface area contributed by atoms with E-state index in [-0.39, 0.29) is 12.3 Å². The molecule has 184 valence electrons. The highest BCUT2D eigenvalue weighted by Gasteiger charge is 2.24. The van der Waals surface area contributed by atoms with Gasteiger partial charge in [-0.1, -0.05) is 18.2 Å². The molecule has 0 aliphatic carbocycles. The Bertz CT molecular complexity index is 1320. The molecule has 1 saturated heterocycles. The highest BCUT2D eigenvalue weighted by atomic mass is 16.5. The van der Waals surface area contributed by atoms with Crippen molar-refractivity contribution < 1.29 is 14.3 Å². The number of hydrogen-bond donors (Lipinski definition) is 0. The summed E-state index contributed by atoms with van der Waals surface area (Å²) in [5, 5.41) is 0. The van der Waals surface area contributed by atoms with Gasteiger partial charge in [0.1, 0.15) is 23.7 Å². The lowest BCUT2D eigenvalue weighted by molar-refractivity contribution is -0.130. The fraction of sp³-hybridized carbons (Fsp3) is 0.259. The van der Waals surface area contributed by atoms with Crippen LogP contribution in [-0.2, 0) is 11.2 Å². The van der Waals surface area contributed by atoms with Gasteiger partial charge in [0.25, 0.3) is 0 Å². The molecule has 9 heteroatoms. The van der Waals surface area contributed by atoms with Gasteiger partial charge in [-0.05, 0) is 36.4 Å². The van der Waals surface area contributed by atoms with Crippen molar-refractivity contribution in [3.05, 3.63) is 79.0 Å². The molecule has 0 bridgehead atoms. The Morgan fingerprint density at radius 3 is 2.36 bits per heavy atom. The molecule has 0 unspecified atom stereocenters. The minimum atomic E-state index is 0.0546. The topological polar surface area (TPSA) is 85.6 Å². The Balaban J connectivity index is 1.33. The molecule has 3 heterocycles. The van der Waals surface area contributed by atoms with Crippen molar-refractivity contribution in [1.82, 2.24) is 24.4 Å². The predicted octanol–water partition coefficient (Wildman–Crippen LogP) is 3.24. The zero-order chi connectivity index (χ0) is 24.9. The average molecular weight is 485 g/mol. The third-order valence-electron chi connectivity index (χ3n) is 6.30. The van der Waals surface area contributed by atoms with Crippen LogP contribution >= 0.6 is 0 Å². The van der Waals surface area contributed by atoms with Crippen LogP contribution in [0.25, 0.3) is 16.9 Å². The lowest BCUT2D eigenvalue weighted by atomic mass is 10.1. The maximum atomic E-state index is 13.3. The summed E-state index contributed by atoms with van der Waals surface area (Å²) in [6.07, 6.45) is 3.70. The number of carbonyl (C=O) groups excluding carboxylic acids is 1. The van der Waals surface area contributed by atoms with Gasteiger partial charge in [-0.2, -0.15) is 0 Å². The number of carbonyl (C=O) groups is 1. The summed E-state index contributed by atoms with van der Waals surface area (Å²) in [5.41, 5.74) is 2.75. The number of para-hydroxylation sites is 1. The summed E-state index contributed by atoms with van der Waals surface area (Å²) >= 11 is 0. The van der Waals surface area contributed by atoms with Crippen molar-refractivity contribution in [3.8, 4) is 28.6 Å². The van der Waals surface area contributed by atoms with Gasteiger partial charge in [0.05, 0.1) is 26.3 Å². The molecule has 1 aliphatic heterocycles. The van der Waals surface area contributed by atoms with Gasteiger partial charge in [0, 0.05) is 49.7 Å². The predicted molar refractivity (Wildman–Crippen MR) is 137 cm³/mol. The third kappa shape index (κ3) is 5.00. The molecule has 0 saturated carbocycles. The van der Waals surface area contributed by atoms with E-state index in [1.165, 1.54) is 6.33 Å². The second kappa shape index (κ2) is 10.5. The van der Waals surface area contributed by atoms with E-state index in [9.17, 15) is 4.79 Å². The molecule has 0 atom stereocenters. The van der Waals surface area contributed by atoms with Crippen LogP contribution in [0.3, 0.4) is 0 Å². The first-order chi connectivity index (χ1) is 17.6. The third-order valence-corrected chi connectivity index (χ3v) is 6.30.